The molecule has 5 nitrogen and oxygen atoms in total. The van der Waals surface area contributed by atoms with Crippen molar-refractivity contribution in [3.8, 4) is 5.88 Å². The van der Waals surface area contributed by atoms with Crippen LogP contribution in [-0.4, -0.2) is 20.5 Å². The van der Waals surface area contributed by atoms with Gasteiger partial charge in [-0.05, 0) is 40.5 Å². The van der Waals surface area contributed by atoms with Gasteiger partial charge in [0.25, 0.3) is 0 Å². The summed E-state index contributed by atoms with van der Waals surface area (Å²) in [5, 5.41) is 0. The largest absolute Gasteiger partial charge is 0.481 e. The molecule has 0 fully saturated rings. The Hall–Kier alpha value is -0.960. The van der Waals surface area contributed by atoms with Crippen LogP contribution >= 0.6 is 27.3 Å². The zero-order valence-electron chi connectivity index (χ0n) is 10.9. The highest BCUT2D eigenvalue weighted by molar-refractivity contribution is 9.11. The van der Waals surface area contributed by atoms with Gasteiger partial charge >= 0.3 is 0 Å². The monoisotopic (exact) mass is 376 g/mol. The van der Waals surface area contributed by atoms with Gasteiger partial charge in [0.1, 0.15) is 4.21 Å². The van der Waals surface area contributed by atoms with Gasteiger partial charge in [0, 0.05) is 18.3 Å². The number of nitrogens with one attached hydrogen (secondary N) is 1. The normalized spacial score (nSPS) is 11.6. The van der Waals surface area contributed by atoms with Gasteiger partial charge in [-0.1, -0.05) is 6.07 Å². The third-order valence-corrected chi connectivity index (χ3v) is 6.61. The molecule has 2 rings (SSSR count). The number of hydrogen-bond donors (Lipinski definition) is 1. The van der Waals surface area contributed by atoms with Crippen molar-refractivity contribution < 1.29 is 13.2 Å². The third kappa shape index (κ3) is 3.38. The molecular weight excluding hydrogens is 364 g/mol. The van der Waals surface area contributed by atoms with Gasteiger partial charge in [0.15, 0.2) is 0 Å². The van der Waals surface area contributed by atoms with Crippen LogP contribution in [0.2, 0.25) is 0 Å². The second kappa shape index (κ2) is 6.21. The van der Waals surface area contributed by atoms with E-state index >= 15 is 0 Å². The molecule has 8 heteroatoms. The molecule has 2 heterocycles. The summed E-state index contributed by atoms with van der Waals surface area (Å²) in [7, 11) is -2.03. The summed E-state index contributed by atoms with van der Waals surface area (Å²) in [6.07, 6.45) is 1.59. The van der Waals surface area contributed by atoms with Gasteiger partial charge in [-0.25, -0.2) is 18.1 Å². The summed E-state index contributed by atoms with van der Waals surface area (Å²) < 4.78 is 33.1. The Labute approximate surface area is 130 Å². The highest BCUT2D eigenvalue weighted by atomic mass is 79.9. The van der Waals surface area contributed by atoms with E-state index in [2.05, 4.69) is 25.6 Å². The average Bonchev–Trinajstić information content (AvgIpc) is 2.78. The van der Waals surface area contributed by atoms with E-state index < -0.39 is 10.0 Å². The number of pyridine rings is 1. The fourth-order valence-corrected chi connectivity index (χ4v) is 4.83. The fraction of sp³-hybridized carbons (Fsp3) is 0.250. The maximum atomic E-state index is 12.2. The number of sulfonamides is 1. The first-order valence-electron chi connectivity index (χ1n) is 5.67. The van der Waals surface area contributed by atoms with Crippen LogP contribution in [-0.2, 0) is 16.6 Å². The summed E-state index contributed by atoms with van der Waals surface area (Å²) in [5.41, 5.74) is 1.58. The first-order valence-corrected chi connectivity index (χ1v) is 8.77. The van der Waals surface area contributed by atoms with Gasteiger partial charge in [0.2, 0.25) is 15.9 Å². The molecule has 0 amide bonds. The van der Waals surface area contributed by atoms with Gasteiger partial charge in [-0.3, -0.25) is 0 Å². The van der Waals surface area contributed by atoms with Crippen molar-refractivity contribution in [1.82, 2.24) is 9.71 Å². The first-order chi connectivity index (χ1) is 9.44. The molecule has 2 aromatic heterocycles. The molecule has 0 unspecified atom stereocenters. The van der Waals surface area contributed by atoms with Crippen molar-refractivity contribution in [3.63, 3.8) is 0 Å². The molecule has 20 heavy (non-hydrogen) atoms. The maximum absolute atomic E-state index is 12.2. The SMILES string of the molecule is COc1ncccc1CNS(=O)(=O)c1cc(C)c(Br)s1. The molecular formula is C12H13BrN2O3S2. The Kier molecular flexibility index (Phi) is 4.79. The molecule has 0 aliphatic rings. The highest BCUT2D eigenvalue weighted by Crippen LogP contribution is 2.30. The molecule has 0 radical (unpaired) electrons. The predicted molar refractivity (Wildman–Crippen MR) is 81.6 cm³/mol. The number of aromatic nitrogens is 1. The number of hydrogen-bond acceptors (Lipinski definition) is 5. The second-order valence-electron chi connectivity index (χ2n) is 4.02. The number of thiophene rings is 1. The lowest BCUT2D eigenvalue weighted by atomic mass is 10.3. The van der Waals surface area contributed by atoms with Gasteiger partial charge in [-0.15, -0.1) is 11.3 Å². The zero-order valence-corrected chi connectivity index (χ0v) is 14.1. The molecule has 2 aromatic rings. The second-order valence-corrected chi connectivity index (χ2v) is 8.38. The van der Waals surface area contributed by atoms with Crippen LogP contribution in [0.3, 0.4) is 0 Å². The van der Waals surface area contributed by atoms with Crippen LogP contribution in [0.15, 0.2) is 32.4 Å². The Balaban J connectivity index is 2.17. The summed E-state index contributed by atoms with van der Waals surface area (Å²) in [6.45, 7) is 1.98. The van der Waals surface area contributed by atoms with E-state index in [1.807, 2.05) is 6.92 Å². The first kappa shape index (κ1) is 15.4. The van der Waals surface area contributed by atoms with Crippen LogP contribution in [0.5, 0.6) is 5.88 Å². The fourth-order valence-electron chi connectivity index (χ4n) is 1.55. The molecule has 0 bridgehead atoms. The van der Waals surface area contributed by atoms with Crippen molar-refractivity contribution in [2.45, 2.75) is 17.7 Å². The molecule has 108 valence electrons. The van der Waals surface area contributed by atoms with E-state index in [0.29, 0.717) is 11.4 Å². The zero-order chi connectivity index (χ0) is 14.8. The van der Waals surface area contributed by atoms with Gasteiger partial charge in [0.05, 0.1) is 10.9 Å². The molecule has 0 aliphatic heterocycles. The summed E-state index contributed by atoms with van der Waals surface area (Å²) in [6, 6.07) is 5.14. The van der Waals surface area contributed by atoms with Crippen LogP contribution in [0.25, 0.3) is 0 Å². The minimum absolute atomic E-state index is 0.133. The standard InChI is InChI=1S/C12H13BrN2O3S2/c1-8-6-10(19-11(8)13)20(16,17)15-7-9-4-3-5-14-12(9)18-2/h3-6,15H,7H2,1-2H3. The predicted octanol–water partition coefficient (Wildman–Crippen LogP) is 2.70. The van der Waals surface area contributed by atoms with Crippen LogP contribution in [0.1, 0.15) is 11.1 Å². The Bertz CT molecular complexity index is 694. The lowest BCUT2D eigenvalue weighted by molar-refractivity contribution is 0.392. The minimum atomic E-state index is -3.53. The van der Waals surface area contributed by atoms with Crippen LogP contribution in [0.4, 0.5) is 0 Å². The molecule has 0 atom stereocenters. The average molecular weight is 377 g/mol. The smallest absolute Gasteiger partial charge is 0.250 e. The molecule has 0 saturated carbocycles. The van der Waals surface area contributed by atoms with Gasteiger partial charge < -0.3 is 4.74 Å². The number of nitrogens with zero attached hydrogens (tertiary/aromatic N) is 1. The van der Waals surface area contributed by atoms with Crippen LogP contribution < -0.4 is 9.46 Å². The molecule has 0 spiro atoms. The molecule has 0 saturated heterocycles. The Morgan fingerprint density at radius 3 is 2.85 bits per heavy atom. The summed E-state index contributed by atoms with van der Waals surface area (Å²) >= 11 is 4.51. The summed E-state index contributed by atoms with van der Waals surface area (Å²) in [4.78, 5) is 4.03. The number of ether oxygens (including phenoxy) is 1. The van der Waals surface area contributed by atoms with E-state index in [4.69, 9.17) is 4.74 Å². The Morgan fingerprint density at radius 2 is 2.25 bits per heavy atom. The van der Waals surface area contributed by atoms with Crippen LogP contribution in [0, 0.1) is 6.92 Å². The maximum Gasteiger partial charge on any atom is 0.250 e. The van der Waals surface area contributed by atoms with E-state index in [9.17, 15) is 8.42 Å². The van der Waals surface area contributed by atoms with E-state index in [1.165, 1.54) is 18.4 Å². The van der Waals surface area contributed by atoms with Gasteiger partial charge in [-0.2, -0.15) is 0 Å². The van der Waals surface area contributed by atoms with Crippen molar-refractivity contribution in [2.75, 3.05) is 7.11 Å². The van der Waals surface area contributed by atoms with E-state index in [1.54, 1.807) is 24.4 Å². The van der Waals surface area contributed by atoms with Crippen molar-refractivity contribution >= 4 is 37.3 Å². The minimum Gasteiger partial charge on any atom is -0.481 e. The summed E-state index contributed by atoms with van der Waals surface area (Å²) in [5.74, 6) is 0.416. The number of halogens is 1. The van der Waals surface area contributed by atoms with Crippen molar-refractivity contribution in [2.24, 2.45) is 0 Å². The third-order valence-electron chi connectivity index (χ3n) is 2.60. The molecule has 0 aliphatic carbocycles. The molecule has 0 aromatic carbocycles. The lowest BCUT2D eigenvalue weighted by Gasteiger charge is -2.08. The number of aryl methyl sites for hydroxylation is 1. The number of rotatable bonds is 5. The Morgan fingerprint density at radius 1 is 1.50 bits per heavy atom. The van der Waals surface area contributed by atoms with Crippen molar-refractivity contribution in [1.29, 1.82) is 0 Å². The van der Waals surface area contributed by atoms with E-state index in [-0.39, 0.29) is 10.8 Å². The number of methoxy groups -OCH3 is 1. The highest BCUT2D eigenvalue weighted by Gasteiger charge is 2.18. The lowest BCUT2D eigenvalue weighted by Crippen LogP contribution is -2.22. The molecule has 1 N–H and O–H groups in total. The quantitative estimate of drug-likeness (QED) is 0.870. The van der Waals surface area contributed by atoms with E-state index in [0.717, 1.165) is 9.35 Å². The van der Waals surface area contributed by atoms with Crippen molar-refractivity contribution in [3.05, 3.63) is 39.3 Å². The topological polar surface area (TPSA) is 68.3 Å².